The molecule has 122 valence electrons. The van der Waals surface area contributed by atoms with Crippen LogP contribution in [-0.4, -0.2) is 71.2 Å². The van der Waals surface area contributed by atoms with Gasteiger partial charge in [0.25, 0.3) is 0 Å². The molecule has 6 nitrogen and oxygen atoms in total. The molecule has 1 heterocycles. The second-order valence-electron chi connectivity index (χ2n) is 6.36. The van der Waals surface area contributed by atoms with Crippen LogP contribution < -0.4 is 0 Å². The van der Waals surface area contributed by atoms with E-state index in [1.165, 1.54) is 11.8 Å². The maximum atomic E-state index is 12.7. The lowest BCUT2D eigenvalue weighted by Gasteiger charge is -2.42. The highest BCUT2D eigenvalue weighted by Gasteiger charge is 2.37. The second kappa shape index (κ2) is 7.22. The van der Waals surface area contributed by atoms with Gasteiger partial charge in [0.15, 0.2) is 0 Å². The third kappa shape index (κ3) is 4.41. The molecule has 0 saturated carbocycles. The zero-order valence-electron chi connectivity index (χ0n) is 13.9. The Hall–Kier alpha value is -1.14. The summed E-state index contributed by atoms with van der Waals surface area (Å²) in [6.07, 6.45) is 0.148. The molecule has 0 aromatic heterocycles. The molecule has 1 fully saturated rings. The summed E-state index contributed by atoms with van der Waals surface area (Å²) in [5.74, 6) is -1.02. The van der Waals surface area contributed by atoms with E-state index < -0.39 is 12.0 Å². The van der Waals surface area contributed by atoms with Gasteiger partial charge in [0.2, 0.25) is 5.91 Å². The van der Waals surface area contributed by atoms with Crippen LogP contribution in [0.4, 0.5) is 0 Å². The summed E-state index contributed by atoms with van der Waals surface area (Å²) in [5.41, 5.74) is 0. The molecule has 1 N–H and O–H groups in total. The SMILES string of the molecule is CC(C)[C@@H](C(=O)N(C)[C@H](C)C(=O)O)N1C[C@@H](C)O[C@H](C)C1. The number of amides is 1. The highest BCUT2D eigenvalue weighted by molar-refractivity contribution is 5.86. The molecule has 1 rings (SSSR count). The van der Waals surface area contributed by atoms with Gasteiger partial charge in [0.05, 0.1) is 18.2 Å². The Labute approximate surface area is 127 Å². The van der Waals surface area contributed by atoms with Gasteiger partial charge in [-0.15, -0.1) is 0 Å². The van der Waals surface area contributed by atoms with Crippen molar-refractivity contribution in [3.8, 4) is 0 Å². The van der Waals surface area contributed by atoms with E-state index in [4.69, 9.17) is 9.84 Å². The van der Waals surface area contributed by atoms with Gasteiger partial charge >= 0.3 is 5.97 Å². The number of aliphatic carboxylic acids is 1. The number of carboxylic acids is 1. The monoisotopic (exact) mass is 300 g/mol. The molecule has 1 saturated heterocycles. The topological polar surface area (TPSA) is 70.1 Å². The van der Waals surface area contributed by atoms with Crippen molar-refractivity contribution >= 4 is 11.9 Å². The number of carbonyl (C=O) groups is 2. The first-order valence-electron chi connectivity index (χ1n) is 7.54. The van der Waals surface area contributed by atoms with Crippen LogP contribution in [-0.2, 0) is 14.3 Å². The molecule has 4 atom stereocenters. The predicted molar refractivity (Wildman–Crippen MR) is 80.1 cm³/mol. The molecule has 0 aromatic rings. The maximum absolute atomic E-state index is 12.7. The minimum atomic E-state index is -0.989. The van der Waals surface area contributed by atoms with E-state index in [9.17, 15) is 9.59 Å². The quantitative estimate of drug-likeness (QED) is 0.822. The minimum absolute atomic E-state index is 0.0741. The van der Waals surface area contributed by atoms with Crippen LogP contribution in [0.1, 0.15) is 34.6 Å². The molecule has 1 aliphatic heterocycles. The Balaban J connectivity index is 2.90. The number of hydrogen-bond donors (Lipinski definition) is 1. The third-order valence-corrected chi connectivity index (χ3v) is 4.01. The lowest BCUT2D eigenvalue weighted by Crippen LogP contribution is -2.58. The van der Waals surface area contributed by atoms with Crippen LogP contribution in [0.3, 0.4) is 0 Å². The number of ether oxygens (including phenoxy) is 1. The summed E-state index contributed by atoms with van der Waals surface area (Å²) >= 11 is 0. The van der Waals surface area contributed by atoms with Crippen molar-refractivity contribution in [2.45, 2.75) is 58.9 Å². The van der Waals surface area contributed by atoms with Gasteiger partial charge in [-0.1, -0.05) is 13.8 Å². The zero-order chi connectivity index (χ0) is 16.3. The zero-order valence-corrected chi connectivity index (χ0v) is 13.9. The Morgan fingerprint density at radius 1 is 1.19 bits per heavy atom. The molecule has 0 bridgehead atoms. The Morgan fingerprint density at radius 3 is 2.05 bits per heavy atom. The summed E-state index contributed by atoms with van der Waals surface area (Å²) < 4.78 is 5.71. The lowest BCUT2D eigenvalue weighted by molar-refractivity contribution is -0.154. The van der Waals surface area contributed by atoms with Crippen molar-refractivity contribution in [3.63, 3.8) is 0 Å². The van der Waals surface area contributed by atoms with Gasteiger partial charge in [-0.05, 0) is 26.7 Å². The average molecular weight is 300 g/mol. The average Bonchev–Trinajstić information content (AvgIpc) is 2.35. The first-order chi connectivity index (χ1) is 9.65. The number of carbonyl (C=O) groups excluding carboxylic acids is 1. The standard InChI is InChI=1S/C15H28N2O4/c1-9(2)13(14(18)16(6)12(5)15(19)20)17-7-10(3)21-11(4)8-17/h9-13H,7-8H2,1-6H3,(H,19,20)/t10-,11-,12-,13+/m1/s1. The number of carboxylic acid groups (broad SMARTS) is 1. The van der Waals surface area contributed by atoms with Crippen LogP contribution >= 0.6 is 0 Å². The largest absolute Gasteiger partial charge is 0.480 e. The van der Waals surface area contributed by atoms with E-state index in [-0.39, 0.29) is 30.1 Å². The van der Waals surface area contributed by atoms with Gasteiger partial charge in [-0.3, -0.25) is 9.69 Å². The molecule has 0 radical (unpaired) electrons. The molecule has 6 heteroatoms. The number of likely N-dealkylation sites (N-methyl/N-ethyl adjacent to an activating group) is 1. The number of morpholine rings is 1. The van der Waals surface area contributed by atoms with Crippen molar-refractivity contribution in [1.29, 1.82) is 0 Å². The molecule has 1 aliphatic rings. The van der Waals surface area contributed by atoms with Crippen molar-refractivity contribution in [3.05, 3.63) is 0 Å². The van der Waals surface area contributed by atoms with Crippen LogP contribution in [0.5, 0.6) is 0 Å². The molecular formula is C15H28N2O4. The highest BCUT2D eigenvalue weighted by atomic mass is 16.5. The molecule has 21 heavy (non-hydrogen) atoms. The summed E-state index contributed by atoms with van der Waals surface area (Å²) in [6, 6.07) is -1.14. The first-order valence-corrected chi connectivity index (χ1v) is 7.54. The van der Waals surface area contributed by atoms with Crippen LogP contribution in [0.15, 0.2) is 0 Å². The van der Waals surface area contributed by atoms with Crippen LogP contribution in [0.25, 0.3) is 0 Å². The number of nitrogens with zero attached hydrogens (tertiary/aromatic N) is 2. The lowest BCUT2D eigenvalue weighted by atomic mass is 9.98. The molecule has 0 aliphatic carbocycles. The Morgan fingerprint density at radius 2 is 1.67 bits per heavy atom. The van der Waals surface area contributed by atoms with Gasteiger partial charge < -0.3 is 14.7 Å². The van der Waals surface area contributed by atoms with Crippen LogP contribution in [0.2, 0.25) is 0 Å². The summed E-state index contributed by atoms with van der Waals surface area (Å²) in [7, 11) is 1.56. The van der Waals surface area contributed by atoms with E-state index in [1.54, 1.807) is 7.05 Å². The molecule has 0 spiro atoms. The number of rotatable bonds is 5. The second-order valence-corrected chi connectivity index (χ2v) is 6.36. The molecule has 0 aromatic carbocycles. The molecule has 1 amide bonds. The maximum Gasteiger partial charge on any atom is 0.326 e. The fraction of sp³-hybridized carbons (Fsp3) is 0.867. The summed E-state index contributed by atoms with van der Waals surface area (Å²) in [6.45, 7) is 10.9. The predicted octanol–water partition coefficient (Wildman–Crippen LogP) is 1.05. The van der Waals surface area contributed by atoms with Crippen LogP contribution in [0, 0.1) is 5.92 Å². The Kier molecular flexibility index (Phi) is 6.16. The molecular weight excluding hydrogens is 272 g/mol. The first kappa shape index (κ1) is 17.9. The summed E-state index contributed by atoms with van der Waals surface area (Å²) in [4.78, 5) is 27.3. The van der Waals surface area contributed by atoms with E-state index >= 15 is 0 Å². The number of hydrogen-bond acceptors (Lipinski definition) is 4. The van der Waals surface area contributed by atoms with Crippen molar-refractivity contribution in [1.82, 2.24) is 9.80 Å². The van der Waals surface area contributed by atoms with E-state index in [0.29, 0.717) is 13.1 Å². The fourth-order valence-corrected chi connectivity index (χ4v) is 2.87. The van der Waals surface area contributed by atoms with Gasteiger partial charge in [0.1, 0.15) is 6.04 Å². The van der Waals surface area contributed by atoms with Crippen molar-refractivity contribution in [2.75, 3.05) is 20.1 Å². The smallest absolute Gasteiger partial charge is 0.326 e. The minimum Gasteiger partial charge on any atom is -0.480 e. The third-order valence-electron chi connectivity index (χ3n) is 4.01. The fourth-order valence-electron chi connectivity index (χ4n) is 2.87. The Bertz CT molecular complexity index is 376. The summed E-state index contributed by atoms with van der Waals surface area (Å²) in [5, 5.41) is 9.09. The van der Waals surface area contributed by atoms with Crippen molar-refractivity contribution < 1.29 is 19.4 Å². The molecule has 0 unspecified atom stereocenters. The van der Waals surface area contributed by atoms with Gasteiger partial charge in [-0.2, -0.15) is 0 Å². The van der Waals surface area contributed by atoms with E-state index in [2.05, 4.69) is 4.90 Å². The van der Waals surface area contributed by atoms with Gasteiger partial charge in [0, 0.05) is 20.1 Å². The van der Waals surface area contributed by atoms with E-state index in [1.807, 2.05) is 27.7 Å². The highest BCUT2D eigenvalue weighted by Crippen LogP contribution is 2.20. The van der Waals surface area contributed by atoms with Crippen molar-refractivity contribution in [2.24, 2.45) is 5.92 Å². The van der Waals surface area contributed by atoms with Gasteiger partial charge in [-0.25, -0.2) is 4.79 Å². The van der Waals surface area contributed by atoms with E-state index in [0.717, 1.165) is 0 Å². The normalized spacial score (nSPS) is 26.4.